The Morgan fingerprint density at radius 3 is 2.60 bits per heavy atom. The van der Waals surface area contributed by atoms with Crippen LogP contribution in [0.1, 0.15) is 38.7 Å². The molecule has 3 rings (SSSR count). The molecule has 0 aliphatic carbocycles. The van der Waals surface area contributed by atoms with Gasteiger partial charge in [0.15, 0.2) is 0 Å². The van der Waals surface area contributed by atoms with Gasteiger partial charge in [-0.15, -0.1) is 0 Å². The maximum absolute atomic E-state index is 13.0. The summed E-state index contributed by atoms with van der Waals surface area (Å²) in [6.07, 6.45) is 2.88. The van der Waals surface area contributed by atoms with Crippen molar-refractivity contribution in [2.45, 2.75) is 33.1 Å². The largest absolute Gasteiger partial charge is 0.366 e. The highest BCUT2D eigenvalue weighted by Gasteiger charge is 2.42. The number of benzene rings is 1. The second-order valence-electron chi connectivity index (χ2n) is 6.80. The molecule has 2 aliphatic rings. The fourth-order valence-corrected chi connectivity index (χ4v) is 4.11. The Balaban J connectivity index is 2.12. The van der Waals surface area contributed by atoms with Gasteiger partial charge in [0.25, 0.3) is 11.8 Å². The lowest BCUT2D eigenvalue weighted by Gasteiger charge is -2.33. The lowest BCUT2D eigenvalue weighted by atomic mass is 9.97. The average molecular weight is 381 g/mol. The summed E-state index contributed by atoms with van der Waals surface area (Å²) < 4.78 is 0. The molecule has 25 heavy (non-hydrogen) atoms. The van der Waals surface area contributed by atoms with E-state index in [0.717, 1.165) is 32.4 Å². The third-order valence-corrected chi connectivity index (χ3v) is 5.31. The minimum Gasteiger partial charge on any atom is -0.366 e. The molecule has 134 valence electrons. The van der Waals surface area contributed by atoms with Crippen molar-refractivity contribution in [2.24, 2.45) is 5.92 Å². The summed E-state index contributed by atoms with van der Waals surface area (Å²) >= 11 is 12.4. The topological polar surface area (TPSA) is 40.6 Å². The van der Waals surface area contributed by atoms with Crippen molar-refractivity contribution in [2.75, 3.05) is 19.6 Å². The first kappa shape index (κ1) is 18.3. The molecule has 1 aromatic carbocycles. The van der Waals surface area contributed by atoms with E-state index in [-0.39, 0.29) is 11.8 Å². The van der Waals surface area contributed by atoms with Gasteiger partial charge in [-0.3, -0.25) is 14.5 Å². The Morgan fingerprint density at radius 2 is 1.96 bits per heavy atom. The number of rotatable bonds is 4. The van der Waals surface area contributed by atoms with Gasteiger partial charge in [0.1, 0.15) is 5.70 Å². The summed E-state index contributed by atoms with van der Waals surface area (Å²) in [5, 5.41) is 0.897. The van der Waals surface area contributed by atoms with Gasteiger partial charge in [0, 0.05) is 30.2 Å². The molecule has 0 saturated carbocycles. The summed E-state index contributed by atoms with van der Waals surface area (Å²) in [4.78, 5) is 29.4. The van der Waals surface area contributed by atoms with E-state index in [1.807, 2.05) is 6.92 Å². The molecule has 0 radical (unpaired) electrons. The number of carbonyl (C=O) groups excluding carboxylic acids is 2. The molecule has 0 aromatic heterocycles. The van der Waals surface area contributed by atoms with Crippen LogP contribution in [0, 0.1) is 5.92 Å². The molecule has 0 bridgehead atoms. The van der Waals surface area contributed by atoms with Crippen LogP contribution >= 0.6 is 23.2 Å². The molecule has 0 N–H and O–H groups in total. The lowest BCUT2D eigenvalue weighted by molar-refractivity contribution is -0.137. The maximum atomic E-state index is 13.0. The first-order chi connectivity index (χ1) is 11.9. The van der Waals surface area contributed by atoms with Gasteiger partial charge in [-0.25, -0.2) is 0 Å². The average Bonchev–Trinajstić information content (AvgIpc) is 2.80. The minimum absolute atomic E-state index is 0.207. The van der Waals surface area contributed by atoms with E-state index < -0.39 is 0 Å². The number of imide groups is 1. The van der Waals surface area contributed by atoms with Crippen molar-refractivity contribution in [3.8, 4) is 0 Å². The van der Waals surface area contributed by atoms with Crippen LogP contribution in [-0.2, 0) is 9.59 Å². The number of carbonyl (C=O) groups is 2. The zero-order valence-electron chi connectivity index (χ0n) is 14.5. The molecule has 6 heteroatoms. The first-order valence-corrected chi connectivity index (χ1v) is 9.50. The molecule has 0 spiro atoms. The van der Waals surface area contributed by atoms with Gasteiger partial charge >= 0.3 is 0 Å². The third-order valence-electron chi connectivity index (χ3n) is 4.76. The quantitative estimate of drug-likeness (QED) is 0.734. The Labute approximate surface area is 158 Å². The van der Waals surface area contributed by atoms with Crippen LogP contribution in [0.2, 0.25) is 10.0 Å². The van der Waals surface area contributed by atoms with E-state index in [0.29, 0.717) is 39.3 Å². The normalized spacial score (nSPS) is 21.5. The third kappa shape index (κ3) is 3.42. The molecule has 2 aliphatic heterocycles. The molecule has 1 fully saturated rings. The molecule has 1 aromatic rings. The number of amides is 2. The van der Waals surface area contributed by atoms with Crippen LogP contribution in [0.15, 0.2) is 23.9 Å². The van der Waals surface area contributed by atoms with Crippen LogP contribution in [-0.4, -0.2) is 41.2 Å². The number of hydrogen-bond donors (Lipinski definition) is 0. The fourth-order valence-electron chi connectivity index (χ4n) is 3.61. The SMILES string of the molecule is CCCN1C(=O)C(c2ccc(Cl)cc2Cl)=C(N2CCCC(C)C2)C1=O. The Morgan fingerprint density at radius 1 is 1.20 bits per heavy atom. The Bertz CT molecular complexity index is 745. The number of halogens is 2. The van der Waals surface area contributed by atoms with E-state index in [1.54, 1.807) is 18.2 Å². The van der Waals surface area contributed by atoms with Gasteiger partial charge in [-0.1, -0.05) is 43.1 Å². The standard InChI is InChI=1S/C19H22Cl2N2O2/c1-3-8-23-18(24)16(14-7-6-13(20)10-15(14)21)17(19(23)25)22-9-4-5-12(2)11-22/h6-7,10,12H,3-5,8-9,11H2,1-2H3. The maximum Gasteiger partial charge on any atom is 0.277 e. The zero-order chi connectivity index (χ0) is 18.1. The van der Waals surface area contributed by atoms with Crippen LogP contribution in [0.5, 0.6) is 0 Å². The Hall–Kier alpha value is -1.52. The van der Waals surface area contributed by atoms with Crippen molar-refractivity contribution >= 4 is 40.6 Å². The molecule has 1 unspecified atom stereocenters. The molecule has 1 saturated heterocycles. The van der Waals surface area contributed by atoms with E-state index in [9.17, 15) is 9.59 Å². The lowest BCUT2D eigenvalue weighted by Crippen LogP contribution is -2.39. The summed E-state index contributed by atoms with van der Waals surface area (Å²) in [6, 6.07) is 5.04. The monoisotopic (exact) mass is 380 g/mol. The van der Waals surface area contributed by atoms with Crippen LogP contribution in [0.25, 0.3) is 5.57 Å². The Kier molecular flexibility index (Phi) is 5.40. The number of piperidine rings is 1. The molecule has 2 amide bonds. The highest BCUT2D eigenvalue weighted by Crippen LogP contribution is 2.37. The van der Waals surface area contributed by atoms with E-state index >= 15 is 0 Å². The zero-order valence-corrected chi connectivity index (χ0v) is 16.0. The summed E-state index contributed by atoms with van der Waals surface area (Å²) in [7, 11) is 0. The van der Waals surface area contributed by atoms with Crippen molar-refractivity contribution in [1.29, 1.82) is 0 Å². The van der Waals surface area contributed by atoms with Gasteiger partial charge in [-0.05, 0) is 37.3 Å². The number of nitrogens with zero attached hydrogens (tertiary/aromatic N) is 2. The molecule has 1 atom stereocenters. The van der Waals surface area contributed by atoms with E-state index in [2.05, 4.69) is 11.8 Å². The molecule has 4 nitrogen and oxygen atoms in total. The highest BCUT2D eigenvalue weighted by molar-refractivity contribution is 6.41. The second-order valence-corrected chi connectivity index (χ2v) is 7.65. The van der Waals surface area contributed by atoms with Crippen molar-refractivity contribution < 1.29 is 9.59 Å². The summed E-state index contributed by atoms with van der Waals surface area (Å²) in [5.74, 6) is 0.0255. The second kappa shape index (κ2) is 7.38. The molecule has 2 heterocycles. The van der Waals surface area contributed by atoms with Gasteiger partial charge in [0.2, 0.25) is 0 Å². The fraction of sp³-hybridized carbons (Fsp3) is 0.474. The predicted molar refractivity (Wildman–Crippen MR) is 100 cm³/mol. The van der Waals surface area contributed by atoms with Gasteiger partial charge in [-0.2, -0.15) is 0 Å². The van der Waals surface area contributed by atoms with Gasteiger partial charge < -0.3 is 4.90 Å². The number of likely N-dealkylation sites (tertiary alicyclic amines) is 1. The van der Waals surface area contributed by atoms with E-state index in [4.69, 9.17) is 23.2 Å². The van der Waals surface area contributed by atoms with Crippen LogP contribution in [0.4, 0.5) is 0 Å². The number of hydrogen-bond acceptors (Lipinski definition) is 3. The van der Waals surface area contributed by atoms with Crippen molar-refractivity contribution in [3.05, 3.63) is 39.5 Å². The molecular weight excluding hydrogens is 359 g/mol. The smallest absolute Gasteiger partial charge is 0.277 e. The van der Waals surface area contributed by atoms with Crippen molar-refractivity contribution in [3.63, 3.8) is 0 Å². The minimum atomic E-state index is -0.260. The van der Waals surface area contributed by atoms with Crippen molar-refractivity contribution in [1.82, 2.24) is 9.80 Å². The van der Waals surface area contributed by atoms with Crippen LogP contribution in [0.3, 0.4) is 0 Å². The van der Waals surface area contributed by atoms with Crippen LogP contribution < -0.4 is 0 Å². The molecular formula is C19H22Cl2N2O2. The summed E-state index contributed by atoms with van der Waals surface area (Å²) in [6.45, 7) is 6.11. The summed E-state index contributed by atoms with van der Waals surface area (Å²) in [5.41, 5.74) is 1.49. The van der Waals surface area contributed by atoms with Gasteiger partial charge in [0.05, 0.1) is 10.6 Å². The first-order valence-electron chi connectivity index (χ1n) is 8.74. The van der Waals surface area contributed by atoms with E-state index in [1.165, 1.54) is 4.90 Å². The predicted octanol–water partition coefficient (Wildman–Crippen LogP) is 4.22. The highest BCUT2D eigenvalue weighted by atomic mass is 35.5.